The van der Waals surface area contributed by atoms with Gasteiger partial charge in [0.1, 0.15) is 0 Å². The Labute approximate surface area is 104 Å². The molecule has 1 amide bonds. The molecule has 1 rings (SSSR count). The number of allylic oxidation sites excluding steroid dienone is 1. The van der Waals surface area contributed by atoms with Crippen LogP contribution in [-0.2, 0) is 4.79 Å². The molecule has 0 heterocycles. The fraction of sp³-hybridized carbons (Fsp3) is 0.250. The number of hydrogen-bond donors (Lipinski definition) is 1. The first-order chi connectivity index (χ1) is 7.54. The quantitative estimate of drug-likeness (QED) is 0.865. The summed E-state index contributed by atoms with van der Waals surface area (Å²) in [6.07, 6.45) is 1.71. The zero-order chi connectivity index (χ0) is 12.1. The first kappa shape index (κ1) is 12.8. The molecule has 1 aromatic carbocycles. The van der Waals surface area contributed by atoms with Gasteiger partial charge in [-0.25, -0.2) is 0 Å². The molecule has 4 heteroatoms. The van der Waals surface area contributed by atoms with E-state index < -0.39 is 0 Å². The number of halogens is 1. The molecule has 0 fully saturated rings. The summed E-state index contributed by atoms with van der Waals surface area (Å²) in [5.74, 6) is -0.139. The van der Waals surface area contributed by atoms with Crippen LogP contribution in [-0.4, -0.2) is 20.0 Å². The van der Waals surface area contributed by atoms with E-state index in [-0.39, 0.29) is 5.91 Å². The Hall–Kier alpha value is -1.29. The number of hydrogen-bond acceptors (Lipinski definition) is 2. The van der Waals surface area contributed by atoms with Gasteiger partial charge >= 0.3 is 0 Å². The minimum Gasteiger partial charge on any atom is -0.378 e. The molecule has 0 aliphatic heterocycles. The molecular weight excluding hydrogens is 268 g/mol. The summed E-state index contributed by atoms with van der Waals surface area (Å²) in [7, 11) is 3.95. The van der Waals surface area contributed by atoms with Gasteiger partial charge in [0.2, 0.25) is 0 Å². The summed E-state index contributed by atoms with van der Waals surface area (Å²) >= 11 is 3.18. The maximum absolute atomic E-state index is 11.5. The predicted molar refractivity (Wildman–Crippen MR) is 72.1 cm³/mol. The second kappa shape index (κ2) is 5.70. The summed E-state index contributed by atoms with van der Waals surface area (Å²) in [5, 5.41) is 2.79. The molecule has 0 unspecified atom stereocenters. The highest BCUT2D eigenvalue weighted by Gasteiger charge is 2.05. The summed E-state index contributed by atoms with van der Waals surface area (Å²) in [5.41, 5.74) is 1.89. The first-order valence-electron chi connectivity index (χ1n) is 4.95. The lowest BCUT2D eigenvalue weighted by atomic mass is 10.2. The number of benzene rings is 1. The van der Waals surface area contributed by atoms with E-state index in [0.29, 0.717) is 4.48 Å². The van der Waals surface area contributed by atoms with Gasteiger partial charge in [-0.15, -0.1) is 0 Å². The molecule has 0 saturated carbocycles. The fourth-order valence-electron chi connectivity index (χ4n) is 1.16. The third kappa shape index (κ3) is 3.38. The lowest BCUT2D eigenvalue weighted by Gasteiger charge is -2.12. The van der Waals surface area contributed by atoms with Crippen molar-refractivity contribution in [3.8, 4) is 0 Å². The Kier molecular flexibility index (Phi) is 4.55. The summed E-state index contributed by atoms with van der Waals surface area (Å²) in [6.45, 7) is 1.80. The van der Waals surface area contributed by atoms with Crippen LogP contribution >= 0.6 is 15.9 Å². The second-order valence-corrected chi connectivity index (χ2v) is 4.39. The van der Waals surface area contributed by atoms with E-state index in [1.807, 2.05) is 43.3 Å². The molecule has 3 nitrogen and oxygen atoms in total. The van der Waals surface area contributed by atoms with E-state index in [0.717, 1.165) is 11.4 Å². The summed E-state index contributed by atoms with van der Waals surface area (Å²) < 4.78 is 0.532. The molecule has 1 N–H and O–H groups in total. The fourth-order valence-corrected chi connectivity index (χ4v) is 1.26. The second-order valence-electron chi connectivity index (χ2n) is 3.53. The van der Waals surface area contributed by atoms with E-state index in [4.69, 9.17) is 0 Å². The number of anilines is 2. The van der Waals surface area contributed by atoms with Crippen LogP contribution in [0.25, 0.3) is 0 Å². The van der Waals surface area contributed by atoms with Crippen molar-refractivity contribution < 1.29 is 4.79 Å². The Morgan fingerprint density at radius 2 is 1.88 bits per heavy atom. The highest BCUT2D eigenvalue weighted by Crippen LogP contribution is 2.17. The molecule has 0 aliphatic rings. The topological polar surface area (TPSA) is 32.3 Å². The van der Waals surface area contributed by atoms with Crippen molar-refractivity contribution in [3.05, 3.63) is 34.8 Å². The summed E-state index contributed by atoms with van der Waals surface area (Å²) in [4.78, 5) is 13.5. The molecule has 0 bridgehead atoms. The van der Waals surface area contributed by atoms with Crippen LogP contribution in [0.5, 0.6) is 0 Å². The van der Waals surface area contributed by atoms with Crippen LogP contribution in [0.15, 0.2) is 34.8 Å². The van der Waals surface area contributed by atoms with E-state index in [2.05, 4.69) is 21.2 Å². The maximum atomic E-state index is 11.5. The lowest BCUT2D eigenvalue weighted by molar-refractivity contribution is -0.112. The van der Waals surface area contributed by atoms with Gasteiger partial charge < -0.3 is 10.2 Å². The zero-order valence-corrected chi connectivity index (χ0v) is 11.2. The van der Waals surface area contributed by atoms with Crippen molar-refractivity contribution in [2.75, 3.05) is 24.3 Å². The van der Waals surface area contributed by atoms with E-state index >= 15 is 0 Å². The first-order valence-corrected chi connectivity index (χ1v) is 5.74. The van der Waals surface area contributed by atoms with Gasteiger partial charge in [0.05, 0.1) is 4.48 Å². The van der Waals surface area contributed by atoms with Crippen LogP contribution in [0.1, 0.15) is 6.92 Å². The minimum absolute atomic E-state index is 0.139. The Bertz CT molecular complexity index is 396. The minimum atomic E-state index is -0.139. The third-order valence-electron chi connectivity index (χ3n) is 2.11. The number of carbonyl (C=O) groups is 1. The molecule has 0 radical (unpaired) electrons. The standard InChI is InChI=1S/C12H15BrN2O/c1-4-11(13)12(16)14-9-5-7-10(8-6-9)15(2)3/h4-8H,1-3H3,(H,14,16)/b11-4-. The van der Waals surface area contributed by atoms with E-state index in [1.165, 1.54) is 0 Å². The number of carbonyl (C=O) groups excluding carboxylic acids is 1. The molecular formula is C12H15BrN2O. The van der Waals surface area contributed by atoms with Crippen LogP contribution in [0.2, 0.25) is 0 Å². The molecule has 1 aromatic rings. The SMILES string of the molecule is C/C=C(\Br)C(=O)Nc1ccc(N(C)C)cc1. The molecule has 16 heavy (non-hydrogen) atoms. The highest BCUT2D eigenvalue weighted by atomic mass is 79.9. The highest BCUT2D eigenvalue weighted by molar-refractivity contribution is 9.12. The molecule has 0 spiro atoms. The van der Waals surface area contributed by atoms with Gasteiger partial charge in [0.25, 0.3) is 5.91 Å². The molecule has 86 valence electrons. The monoisotopic (exact) mass is 282 g/mol. The van der Waals surface area contributed by atoms with E-state index in [9.17, 15) is 4.79 Å². The van der Waals surface area contributed by atoms with E-state index in [1.54, 1.807) is 13.0 Å². The molecule has 0 aliphatic carbocycles. The predicted octanol–water partition coefficient (Wildman–Crippen LogP) is 2.99. The molecule has 0 saturated heterocycles. The smallest absolute Gasteiger partial charge is 0.262 e. The average molecular weight is 283 g/mol. The average Bonchev–Trinajstić information content (AvgIpc) is 2.28. The molecule has 0 aromatic heterocycles. The zero-order valence-electron chi connectivity index (χ0n) is 9.62. The summed E-state index contributed by atoms with van der Waals surface area (Å²) in [6, 6.07) is 7.67. The van der Waals surface area contributed by atoms with Crippen molar-refractivity contribution in [2.45, 2.75) is 6.92 Å². The Morgan fingerprint density at radius 3 is 2.31 bits per heavy atom. The molecule has 0 atom stereocenters. The van der Waals surface area contributed by atoms with Crippen molar-refractivity contribution >= 4 is 33.2 Å². The number of rotatable bonds is 3. The van der Waals surface area contributed by atoms with Crippen molar-refractivity contribution in [2.24, 2.45) is 0 Å². The van der Waals surface area contributed by atoms with Gasteiger partial charge in [0.15, 0.2) is 0 Å². The lowest BCUT2D eigenvalue weighted by Crippen LogP contribution is -2.12. The van der Waals surface area contributed by atoms with Crippen molar-refractivity contribution in [3.63, 3.8) is 0 Å². The van der Waals surface area contributed by atoms with Gasteiger partial charge in [-0.3, -0.25) is 4.79 Å². The maximum Gasteiger partial charge on any atom is 0.262 e. The van der Waals surface area contributed by atoms with Gasteiger partial charge in [0, 0.05) is 25.5 Å². The normalized spacial score (nSPS) is 11.1. The van der Waals surface area contributed by atoms with Crippen molar-refractivity contribution in [1.82, 2.24) is 0 Å². The van der Waals surface area contributed by atoms with Gasteiger partial charge in [-0.2, -0.15) is 0 Å². The van der Waals surface area contributed by atoms with Gasteiger partial charge in [-0.05, 0) is 47.1 Å². The van der Waals surface area contributed by atoms with Crippen LogP contribution in [0.3, 0.4) is 0 Å². The number of nitrogens with zero attached hydrogens (tertiary/aromatic N) is 1. The van der Waals surface area contributed by atoms with Gasteiger partial charge in [-0.1, -0.05) is 6.08 Å². The Morgan fingerprint density at radius 1 is 1.31 bits per heavy atom. The number of nitrogens with one attached hydrogen (secondary N) is 1. The Balaban J connectivity index is 2.73. The largest absolute Gasteiger partial charge is 0.378 e. The van der Waals surface area contributed by atoms with Crippen LogP contribution in [0.4, 0.5) is 11.4 Å². The van der Waals surface area contributed by atoms with Crippen LogP contribution < -0.4 is 10.2 Å². The van der Waals surface area contributed by atoms with Crippen molar-refractivity contribution in [1.29, 1.82) is 0 Å². The third-order valence-corrected chi connectivity index (χ3v) is 2.93. The van der Waals surface area contributed by atoms with Crippen LogP contribution in [0, 0.1) is 0 Å². The number of amides is 1.